The highest BCUT2D eigenvalue weighted by Crippen LogP contribution is 2.42. The molecule has 0 saturated carbocycles. The van der Waals surface area contributed by atoms with Crippen LogP contribution in [-0.4, -0.2) is 4.57 Å². The summed E-state index contributed by atoms with van der Waals surface area (Å²) in [7, 11) is 0. The normalized spacial score (nSPS) is 17.8. The van der Waals surface area contributed by atoms with Gasteiger partial charge in [-0.25, -0.2) is 0 Å². The molecule has 5 heteroatoms. The predicted molar refractivity (Wildman–Crippen MR) is 100 cm³/mol. The molecule has 0 amide bonds. The quantitative estimate of drug-likeness (QED) is 0.458. The lowest BCUT2D eigenvalue weighted by Gasteiger charge is -2.23. The topological polar surface area (TPSA) is 4.93 Å². The van der Waals surface area contributed by atoms with Crippen LogP contribution in [0, 0.1) is 3.95 Å². The van der Waals surface area contributed by atoms with E-state index >= 15 is 0 Å². The molecule has 112 valence electrons. The summed E-state index contributed by atoms with van der Waals surface area (Å²) in [5.74, 6) is 0.702. The molecule has 21 heavy (non-hydrogen) atoms. The van der Waals surface area contributed by atoms with Gasteiger partial charge in [0.05, 0.1) is 5.69 Å². The average Bonchev–Trinajstić information content (AvgIpc) is 2.77. The first-order valence-corrected chi connectivity index (χ1v) is 10.1. The molecule has 0 spiro atoms. The van der Waals surface area contributed by atoms with Crippen LogP contribution in [0.3, 0.4) is 0 Å². The van der Waals surface area contributed by atoms with Gasteiger partial charge in [0, 0.05) is 19.5 Å². The number of thiazole rings is 1. The van der Waals surface area contributed by atoms with Gasteiger partial charge in [-0.2, -0.15) is 0 Å². The Morgan fingerprint density at radius 1 is 1.33 bits per heavy atom. The maximum Gasteiger partial charge on any atom is 0.166 e. The molecule has 1 nitrogen and oxygen atoms in total. The van der Waals surface area contributed by atoms with E-state index in [-0.39, 0.29) is 0 Å². The molecule has 2 aromatic rings. The molecule has 0 fully saturated rings. The van der Waals surface area contributed by atoms with Crippen molar-refractivity contribution < 1.29 is 0 Å². The zero-order valence-corrected chi connectivity index (χ0v) is 16.7. The van der Waals surface area contributed by atoms with Crippen molar-refractivity contribution in [3.8, 4) is 5.69 Å². The zero-order chi connectivity index (χ0) is 15.0. The summed E-state index contributed by atoms with van der Waals surface area (Å²) in [6, 6.07) is 6.20. The summed E-state index contributed by atoms with van der Waals surface area (Å²) in [6.07, 6.45) is 6.24. The minimum atomic E-state index is 0.702. The van der Waals surface area contributed by atoms with Crippen LogP contribution in [-0.2, 0) is 6.42 Å². The second-order valence-electron chi connectivity index (χ2n) is 5.46. The Morgan fingerprint density at radius 3 is 2.71 bits per heavy atom. The molecule has 1 atom stereocenters. The van der Waals surface area contributed by atoms with Gasteiger partial charge >= 0.3 is 0 Å². The van der Waals surface area contributed by atoms with Gasteiger partial charge in [-0.05, 0) is 87.8 Å². The fourth-order valence-electron chi connectivity index (χ4n) is 3.17. The molecule has 1 unspecified atom stereocenters. The number of halogens is 2. The van der Waals surface area contributed by atoms with Crippen LogP contribution in [0.2, 0.25) is 0 Å². The van der Waals surface area contributed by atoms with E-state index in [9.17, 15) is 0 Å². The number of fused-ring (bicyclic) bond motifs is 1. The Hall–Kier alpha value is 0.0300. The first-order valence-electron chi connectivity index (χ1n) is 7.32. The number of aromatic nitrogens is 1. The van der Waals surface area contributed by atoms with Crippen molar-refractivity contribution in [2.45, 2.75) is 44.9 Å². The van der Waals surface area contributed by atoms with Gasteiger partial charge in [-0.1, -0.05) is 19.4 Å². The second kappa shape index (κ2) is 6.65. The number of hydrogen-bond donors (Lipinski definition) is 0. The third kappa shape index (κ3) is 2.94. The van der Waals surface area contributed by atoms with Gasteiger partial charge in [-0.3, -0.25) is 4.57 Å². The van der Waals surface area contributed by atoms with Crippen LogP contribution >= 0.6 is 55.4 Å². The molecular weight excluding hydrogens is 430 g/mol. The van der Waals surface area contributed by atoms with Crippen molar-refractivity contribution in [3.05, 3.63) is 41.7 Å². The van der Waals surface area contributed by atoms with Crippen molar-refractivity contribution in [2.24, 2.45) is 0 Å². The molecular formula is C16H17Br2NS2. The van der Waals surface area contributed by atoms with Crippen LogP contribution in [0.4, 0.5) is 0 Å². The molecule has 0 aliphatic heterocycles. The Labute approximate surface area is 151 Å². The van der Waals surface area contributed by atoms with Crippen LogP contribution < -0.4 is 0 Å². The van der Waals surface area contributed by atoms with E-state index < -0.39 is 0 Å². The Bertz CT molecular complexity index is 697. The smallest absolute Gasteiger partial charge is 0.166 e. The standard InChI is InChI=1S/C16H17Br2NS2/c1-2-5-10-6-3-9-13-15(10)21-16(20)19(13)14-11(17)7-4-8-12(14)18/h4,7-8,10H,2-3,5-6,9H2,1H3. The van der Waals surface area contributed by atoms with E-state index in [0.29, 0.717) is 5.92 Å². The molecule has 1 aromatic heterocycles. The van der Waals surface area contributed by atoms with Crippen molar-refractivity contribution in [3.63, 3.8) is 0 Å². The Morgan fingerprint density at radius 2 is 2.05 bits per heavy atom. The SMILES string of the molecule is CCCC1CCCc2c1sc(=S)n2-c1c(Br)cccc1Br. The number of benzene rings is 1. The minimum Gasteiger partial charge on any atom is -0.293 e. The first-order chi connectivity index (χ1) is 10.1. The summed E-state index contributed by atoms with van der Waals surface area (Å²) in [4.78, 5) is 1.52. The lowest BCUT2D eigenvalue weighted by atomic mass is 9.88. The maximum absolute atomic E-state index is 5.70. The molecule has 1 heterocycles. The third-order valence-corrected chi connectivity index (χ3v) is 6.93. The summed E-state index contributed by atoms with van der Waals surface area (Å²) < 4.78 is 5.43. The highest BCUT2D eigenvalue weighted by Gasteiger charge is 2.26. The fraction of sp³-hybridized carbons (Fsp3) is 0.438. The van der Waals surface area contributed by atoms with E-state index in [1.54, 1.807) is 0 Å². The van der Waals surface area contributed by atoms with E-state index in [0.717, 1.165) is 25.0 Å². The van der Waals surface area contributed by atoms with Crippen molar-refractivity contribution >= 4 is 55.4 Å². The van der Waals surface area contributed by atoms with Gasteiger partial charge in [0.15, 0.2) is 3.95 Å². The first kappa shape index (κ1) is 15.9. The number of rotatable bonds is 3. The summed E-state index contributed by atoms with van der Waals surface area (Å²) in [6.45, 7) is 2.27. The molecule has 1 aliphatic rings. The number of hydrogen-bond acceptors (Lipinski definition) is 2. The number of nitrogens with zero attached hydrogens (tertiary/aromatic N) is 1. The van der Waals surface area contributed by atoms with Gasteiger partial charge in [-0.15, -0.1) is 11.3 Å². The number of para-hydroxylation sites is 1. The Balaban J connectivity index is 2.19. The minimum absolute atomic E-state index is 0.702. The lowest BCUT2D eigenvalue weighted by molar-refractivity contribution is 0.514. The molecule has 1 aromatic carbocycles. The summed E-state index contributed by atoms with van der Waals surface area (Å²) in [5, 5.41) is 0. The van der Waals surface area contributed by atoms with Crippen LogP contribution in [0.5, 0.6) is 0 Å². The average molecular weight is 447 g/mol. The highest BCUT2D eigenvalue weighted by molar-refractivity contribution is 9.11. The molecule has 0 saturated heterocycles. The zero-order valence-electron chi connectivity index (χ0n) is 11.9. The van der Waals surface area contributed by atoms with Crippen molar-refractivity contribution in [1.82, 2.24) is 4.57 Å². The predicted octanol–water partition coefficient (Wildman–Crippen LogP) is 7.01. The maximum atomic E-state index is 5.70. The second-order valence-corrected chi connectivity index (χ2v) is 8.85. The fourth-order valence-corrected chi connectivity index (χ4v) is 6.19. The van der Waals surface area contributed by atoms with E-state index in [2.05, 4.69) is 55.5 Å². The third-order valence-electron chi connectivity index (χ3n) is 4.07. The van der Waals surface area contributed by atoms with E-state index in [1.165, 1.54) is 36.3 Å². The Kier molecular flexibility index (Phi) is 5.04. The van der Waals surface area contributed by atoms with Crippen LogP contribution in [0.25, 0.3) is 5.69 Å². The largest absolute Gasteiger partial charge is 0.293 e. The van der Waals surface area contributed by atoms with Gasteiger partial charge in [0.2, 0.25) is 0 Å². The van der Waals surface area contributed by atoms with E-state index in [1.807, 2.05) is 17.4 Å². The van der Waals surface area contributed by atoms with Crippen LogP contribution in [0.1, 0.15) is 49.1 Å². The highest BCUT2D eigenvalue weighted by atomic mass is 79.9. The lowest BCUT2D eigenvalue weighted by Crippen LogP contribution is -2.12. The summed E-state index contributed by atoms with van der Waals surface area (Å²) >= 11 is 14.9. The molecule has 0 bridgehead atoms. The monoisotopic (exact) mass is 445 g/mol. The van der Waals surface area contributed by atoms with Crippen molar-refractivity contribution in [1.29, 1.82) is 0 Å². The van der Waals surface area contributed by atoms with Gasteiger partial charge in [0.1, 0.15) is 0 Å². The molecule has 0 radical (unpaired) electrons. The molecule has 1 aliphatic carbocycles. The van der Waals surface area contributed by atoms with Gasteiger partial charge in [0.25, 0.3) is 0 Å². The van der Waals surface area contributed by atoms with Crippen LogP contribution in [0.15, 0.2) is 27.1 Å². The van der Waals surface area contributed by atoms with Gasteiger partial charge < -0.3 is 0 Å². The van der Waals surface area contributed by atoms with Crippen molar-refractivity contribution in [2.75, 3.05) is 0 Å². The molecule has 3 rings (SSSR count). The summed E-state index contributed by atoms with van der Waals surface area (Å²) in [5.41, 5.74) is 2.58. The molecule has 0 N–H and O–H groups in total. The van der Waals surface area contributed by atoms with E-state index in [4.69, 9.17) is 12.2 Å².